The summed E-state index contributed by atoms with van der Waals surface area (Å²) >= 11 is 0. The van der Waals surface area contributed by atoms with Crippen LogP contribution in [0.25, 0.3) is 11.1 Å². The molecule has 1 heterocycles. The van der Waals surface area contributed by atoms with Crippen molar-refractivity contribution in [3.8, 4) is 11.1 Å². The zero-order chi connectivity index (χ0) is 13.7. The van der Waals surface area contributed by atoms with Crippen molar-refractivity contribution in [2.24, 2.45) is 5.73 Å². The maximum atomic E-state index is 11.2. The Morgan fingerprint density at radius 2 is 2.00 bits per heavy atom. The molecule has 0 aliphatic carbocycles. The predicted octanol–water partition coefficient (Wildman–Crippen LogP) is 1.79. The highest BCUT2D eigenvalue weighted by Crippen LogP contribution is 2.18. The van der Waals surface area contributed by atoms with Gasteiger partial charge in [0.2, 0.25) is 0 Å². The maximum Gasteiger partial charge on any atom is 0.322 e. The van der Waals surface area contributed by atoms with E-state index >= 15 is 0 Å². The average molecular weight is 256 g/mol. The number of ether oxygens (including phenoxy) is 1. The third-order valence-electron chi connectivity index (χ3n) is 2.91. The Hall–Kier alpha value is -2.20. The van der Waals surface area contributed by atoms with E-state index in [9.17, 15) is 4.79 Å². The van der Waals surface area contributed by atoms with Crippen molar-refractivity contribution in [2.75, 3.05) is 7.11 Å². The number of hydrogen-bond donors (Lipinski definition) is 1. The summed E-state index contributed by atoms with van der Waals surface area (Å²) in [4.78, 5) is 15.3. The lowest BCUT2D eigenvalue weighted by Gasteiger charge is -2.09. The monoisotopic (exact) mass is 256 g/mol. The molecule has 1 aromatic heterocycles. The first-order valence-corrected chi connectivity index (χ1v) is 6.03. The molecular formula is C15H16N2O2. The maximum absolute atomic E-state index is 11.2. The van der Waals surface area contributed by atoms with Crippen LogP contribution in [0, 0.1) is 0 Å². The molecule has 2 aromatic rings. The molecule has 4 nitrogen and oxygen atoms in total. The molecule has 98 valence electrons. The van der Waals surface area contributed by atoms with Gasteiger partial charge in [-0.2, -0.15) is 0 Å². The van der Waals surface area contributed by atoms with E-state index < -0.39 is 12.0 Å². The Bertz CT molecular complexity index is 538. The molecule has 0 aliphatic rings. The van der Waals surface area contributed by atoms with Crippen LogP contribution in [0.1, 0.15) is 5.56 Å². The van der Waals surface area contributed by atoms with Gasteiger partial charge in [-0.1, -0.05) is 30.3 Å². The van der Waals surface area contributed by atoms with E-state index in [1.54, 1.807) is 6.20 Å². The van der Waals surface area contributed by atoms with Crippen LogP contribution in [-0.4, -0.2) is 24.1 Å². The molecule has 0 bridgehead atoms. The third-order valence-corrected chi connectivity index (χ3v) is 2.91. The third kappa shape index (κ3) is 3.39. The minimum absolute atomic E-state index is 0.392. The van der Waals surface area contributed by atoms with Crippen molar-refractivity contribution >= 4 is 5.97 Å². The fourth-order valence-corrected chi connectivity index (χ4v) is 1.86. The Morgan fingerprint density at radius 3 is 2.58 bits per heavy atom. The number of carbonyl (C=O) groups excluding carboxylic acids is 1. The van der Waals surface area contributed by atoms with E-state index in [0.717, 1.165) is 16.7 Å². The molecule has 0 amide bonds. The number of esters is 1. The van der Waals surface area contributed by atoms with Gasteiger partial charge < -0.3 is 10.5 Å². The number of aromatic nitrogens is 1. The van der Waals surface area contributed by atoms with Crippen molar-refractivity contribution in [3.05, 3.63) is 54.4 Å². The number of carbonyl (C=O) groups is 1. The molecule has 4 heteroatoms. The Labute approximate surface area is 112 Å². The summed E-state index contributed by atoms with van der Waals surface area (Å²) in [5, 5.41) is 0. The van der Waals surface area contributed by atoms with Gasteiger partial charge in [0.05, 0.1) is 7.11 Å². The zero-order valence-electron chi connectivity index (χ0n) is 10.7. The highest BCUT2D eigenvalue weighted by atomic mass is 16.5. The van der Waals surface area contributed by atoms with Gasteiger partial charge in [-0.3, -0.25) is 9.78 Å². The van der Waals surface area contributed by atoms with Gasteiger partial charge in [0.15, 0.2) is 0 Å². The highest BCUT2D eigenvalue weighted by molar-refractivity contribution is 5.75. The summed E-state index contributed by atoms with van der Waals surface area (Å²) in [5.74, 6) is -0.392. The first kappa shape index (κ1) is 13.2. The Morgan fingerprint density at radius 1 is 1.26 bits per heavy atom. The van der Waals surface area contributed by atoms with E-state index in [4.69, 9.17) is 5.73 Å². The normalized spacial score (nSPS) is 11.9. The lowest BCUT2D eigenvalue weighted by Crippen LogP contribution is -2.33. The summed E-state index contributed by atoms with van der Waals surface area (Å²) in [6, 6.07) is 11.2. The molecule has 19 heavy (non-hydrogen) atoms. The summed E-state index contributed by atoms with van der Waals surface area (Å²) in [6.45, 7) is 0. The van der Waals surface area contributed by atoms with E-state index in [1.165, 1.54) is 7.11 Å². The number of methoxy groups -OCH3 is 1. The Balaban J connectivity index is 2.09. The summed E-state index contributed by atoms with van der Waals surface area (Å²) < 4.78 is 4.61. The van der Waals surface area contributed by atoms with Crippen LogP contribution >= 0.6 is 0 Å². The predicted molar refractivity (Wildman–Crippen MR) is 73.4 cm³/mol. The molecule has 0 saturated carbocycles. The average Bonchev–Trinajstić information content (AvgIpc) is 2.48. The van der Waals surface area contributed by atoms with Crippen LogP contribution in [-0.2, 0) is 16.0 Å². The molecular weight excluding hydrogens is 240 g/mol. The van der Waals surface area contributed by atoms with Gasteiger partial charge in [-0.25, -0.2) is 0 Å². The lowest BCUT2D eigenvalue weighted by molar-refractivity contribution is -0.142. The molecule has 2 N–H and O–H groups in total. The standard InChI is InChI=1S/C15H16N2O2/c1-19-15(18)14(16)9-11-4-6-12(7-5-11)13-3-2-8-17-10-13/h2-8,10,14H,9,16H2,1H3. The molecule has 1 atom stereocenters. The van der Waals surface area contributed by atoms with Crippen LogP contribution < -0.4 is 5.73 Å². The molecule has 1 unspecified atom stereocenters. The highest BCUT2D eigenvalue weighted by Gasteiger charge is 2.13. The number of rotatable bonds is 4. The number of pyridine rings is 1. The Kier molecular flexibility index (Phi) is 4.26. The van der Waals surface area contributed by atoms with Crippen LogP contribution in [0.4, 0.5) is 0 Å². The minimum atomic E-state index is -0.616. The molecule has 0 radical (unpaired) electrons. The fraction of sp³-hybridized carbons (Fsp3) is 0.200. The van der Waals surface area contributed by atoms with Crippen LogP contribution in [0.3, 0.4) is 0 Å². The van der Waals surface area contributed by atoms with Crippen molar-refractivity contribution in [1.82, 2.24) is 4.98 Å². The minimum Gasteiger partial charge on any atom is -0.468 e. The zero-order valence-corrected chi connectivity index (χ0v) is 10.7. The molecule has 0 aliphatic heterocycles. The topological polar surface area (TPSA) is 65.2 Å². The van der Waals surface area contributed by atoms with Crippen LogP contribution in [0.2, 0.25) is 0 Å². The number of nitrogens with two attached hydrogens (primary N) is 1. The van der Waals surface area contributed by atoms with Gasteiger partial charge in [-0.15, -0.1) is 0 Å². The lowest BCUT2D eigenvalue weighted by atomic mass is 10.0. The SMILES string of the molecule is COC(=O)C(N)Cc1ccc(-c2cccnc2)cc1. The van der Waals surface area contributed by atoms with Crippen molar-refractivity contribution in [1.29, 1.82) is 0 Å². The molecule has 0 saturated heterocycles. The first-order chi connectivity index (χ1) is 9.20. The molecule has 2 rings (SSSR count). The van der Waals surface area contributed by atoms with E-state index in [1.807, 2.05) is 42.6 Å². The van der Waals surface area contributed by atoms with Gasteiger partial charge in [0, 0.05) is 12.4 Å². The summed E-state index contributed by atoms with van der Waals surface area (Å²) in [7, 11) is 1.34. The van der Waals surface area contributed by atoms with Crippen molar-refractivity contribution in [2.45, 2.75) is 12.5 Å². The van der Waals surface area contributed by atoms with Crippen LogP contribution in [0.15, 0.2) is 48.8 Å². The number of benzene rings is 1. The number of nitrogens with zero attached hydrogens (tertiary/aromatic N) is 1. The van der Waals surface area contributed by atoms with Gasteiger partial charge in [-0.05, 0) is 29.2 Å². The van der Waals surface area contributed by atoms with Gasteiger partial charge >= 0.3 is 5.97 Å². The second-order valence-electron chi connectivity index (χ2n) is 4.27. The molecule has 1 aromatic carbocycles. The second kappa shape index (κ2) is 6.11. The van der Waals surface area contributed by atoms with Crippen molar-refractivity contribution in [3.63, 3.8) is 0 Å². The fourth-order valence-electron chi connectivity index (χ4n) is 1.86. The molecule has 0 spiro atoms. The second-order valence-corrected chi connectivity index (χ2v) is 4.27. The van der Waals surface area contributed by atoms with Gasteiger partial charge in [0.25, 0.3) is 0 Å². The first-order valence-electron chi connectivity index (χ1n) is 6.03. The van der Waals surface area contributed by atoms with E-state index in [-0.39, 0.29) is 0 Å². The molecule has 0 fully saturated rings. The quantitative estimate of drug-likeness (QED) is 0.847. The van der Waals surface area contributed by atoms with Gasteiger partial charge in [0.1, 0.15) is 6.04 Å². The largest absolute Gasteiger partial charge is 0.468 e. The van der Waals surface area contributed by atoms with Crippen LogP contribution in [0.5, 0.6) is 0 Å². The number of hydrogen-bond acceptors (Lipinski definition) is 4. The summed E-state index contributed by atoms with van der Waals surface area (Å²) in [6.07, 6.45) is 4.03. The summed E-state index contributed by atoms with van der Waals surface area (Å²) in [5.41, 5.74) is 8.88. The smallest absolute Gasteiger partial charge is 0.322 e. The van der Waals surface area contributed by atoms with E-state index in [2.05, 4.69) is 9.72 Å². The van der Waals surface area contributed by atoms with E-state index in [0.29, 0.717) is 6.42 Å². The van der Waals surface area contributed by atoms with Crippen molar-refractivity contribution < 1.29 is 9.53 Å².